The van der Waals surface area contributed by atoms with Crippen molar-refractivity contribution in [3.8, 4) is 0 Å². The van der Waals surface area contributed by atoms with Gasteiger partial charge in [-0.3, -0.25) is 21.0 Å². The molecule has 7 heteroatoms. The van der Waals surface area contributed by atoms with Crippen LogP contribution in [0.2, 0.25) is 0 Å². The van der Waals surface area contributed by atoms with Gasteiger partial charge in [0.1, 0.15) is 0 Å². The first-order valence-electron chi connectivity index (χ1n) is 2.16. The fourth-order valence-electron chi connectivity index (χ4n) is 0.144. The van der Waals surface area contributed by atoms with Crippen molar-refractivity contribution in [3.63, 3.8) is 0 Å². The van der Waals surface area contributed by atoms with Gasteiger partial charge >= 0.3 is 0 Å². The Hall–Kier alpha value is -0.730. The molecule has 0 unspecified atom stereocenters. The van der Waals surface area contributed by atoms with Gasteiger partial charge in [0.05, 0.1) is 6.54 Å². The Balaban J connectivity index is -0.000000105. The second kappa shape index (κ2) is 24.0. The maximum atomic E-state index is 9.45. The second-order valence-electron chi connectivity index (χ2n) is 0.976. The van der Waals surface area contributed by atoms with Crippen LogP contribution >= 0.6 is 0 Å². The number of hydrogen-bond donors (Lipinski definition) is 5. The Morgan fingerprint density at radius 1 is 1.30 bits per heavy atom. The monoisotopic (exact) mass is 157 g/mol. The summed E-state index contributed by atoms with van der Waals surface area (Å²) in [6.07, 6.45) is 0.0694. The number of carbonyl (C=O) groups excluding carboxylic acids is 1. The van der Waals surface area contributed by atoms with E-state index >= 15 is 0 Å². The van der Waals surface area contributed by atoms with Gasteiger partial charge in [0.25, 0.3) is 0 Å². The van der Waals surface area contributed by atoms with Crippen molar-refractivity contribution in [3.05, 3.63) is 0 Å². The Morgan fingerprint density at radius 2 is 1.60 bits per heavy atom. The molecule has 0 heterocycles. The summed E-state index contributed by atoms with van der Waals surface area (Å²) < 4.78 is 0. The predicted molar refractivity (Wildman–Crippen MR) is 27.9 cm³/mol. The molecule has 0 spiro atoms. The van der Waals surface area contributed by atoms with E-state index in [-0.39, 0.29) is 6.42 Å². The van der Waals surface area contributed by atoms with E-state index in [9.17, 15) is 9.90 Å². The zero-order valence-corrected chi connectivity index (χ0v) is 5.23. The van der Waals surface area contributed by atoms with Crippen LogP contribution in [0.25, 0.3) is 0 Å². The van der Waals surface area contributed by atoms with E-state index in [1.165, 1.54) is 0 Å². The molecule has 0 aliphatic heterocycles. The zero-order chi connectivity index (χ0) is 8.99. The standard InChI is InChI=1S/C3H7NO2.2H2O2/c4-2-1-3(5)6;2*1-2/h1-2,4H2,(H,5,6);2*1-2H. The molecule has 0 amide bonds. The molecular formula is C3H11NO6. The topological polar surface area (TPSA) is 149 Å². The molecule has 0 saturated carbocycles. The van der Waals surface area contributed by atoms with E-state index in [1.54, 1.807) is 0 Å². The maximum absolute atomic E-state index is 9.45. The van der Waals surface area contributed by atoms with Gasteiger partial charge < -0.3 is 15.6 Å². The van der Waals surface area contributed by atoms with Gasteiger partial charge in [-0.25, -0.2) is 0 Å². The van der Waals surface area contributed by atoms with Crippen LogP contribution < -0.4 is 10.8 Å². The van der Waals surface area contributed by atoms with Crippen molar-refractivity contribution in [2.45, 2.75) is 6.42 Å². The lowest BCUT2D eigenvalue weighted by Crippen LogP contribution is -2.52. The van der Waals surface area contributed by atoms with Crippen LogP contribution in [0.15, 0.2) is 0 Å². The zero-order valence-electron chi connectivity index (χ0n) is 5.23. The minimum Gasteiger partial charge on any atom is -0.550 e. The summed E-state index contributed by atoms with van der Waals surface area (Å²) in [4.78, 5) is 9.45. The van der Waals surface area contributed by atoms with E-state index in [2.05, 4.69) is 5.73 Å². The van der Waals surface area contributed by atoms with Gasteiger partial charge in [0, 0.05) is 12.4 Å². The summed E-state index contributed by atoms with van der Waals surface area (Å²) >= 11 is 0. The Morgan fingerprint density at radius 3 is 1.60 bits per heavy atom. The lowest BCUT2D eigenvalue weighted by Gasteiger charge is -1.90. The Labute approximate surface area is 56.8 Å². The van der Waals surface area contributed by atoms with Crippen molar-refractivity contribution in [2.24, 2.45) is 0 Å². The average Bonchev–Trinajstić information content (AvgIpc) is 1.96. The Kier molecular flexibility index (Phi) is 38.7. The van der Waals surface area contributed by atoms with Crippen molar-refractivity contribution in [1.82, 2.24) is 0 Å². The third kappa shape index (κ3) is 55.5. The number of carboxylic acid groups (broad SMARTS) is 1. The maximum Gasteiger partial charge on any atom is 0.0792 e. The highest BCUT2D eigenvalue weighted by Gasteiger charge is 1.78. The quantitative estimate of drug-likeness (QED) is 0.219. The van der Waals surface area contributed by atoms with Crippen LogP contribution in [-0.2, 0) is 4.79 Å². The van der Waals surface area contributed by atoms with Crippen LogP contribution in [0.1, 0.15) is 6.42 Å². The summed E-state index contributed by atoms with van der Waals surface area (Å²) in [5, 5.41) is 33.4. The summed E-state index contributed by atoms with van der Waals surface area (Å²) in [6.45, 7) is 0.419. The molecule has 0 aromatic carbocycles. The van der Waals surface area contributed by atoms with E-state index < -0.39 is 5.97 Å². The first-order valence-corrected chi connectivity index (χ1v) is 2.16. The normalized spacial score (nSPS) is 6.10. The molecular weight excluding hydrogens is 146 g/mol. The highest BCUT2D eigenvalue weighted by Crippen LogP contribution is 1.60. The molecule has 0 bridgehead atoms. The smallest absolute Gasteiger partial charge is 0.0792 e. The van der Waals surface area contributed by atoms with Crippen molar-refractivity contribution >= 4 is 5.97 Å². The van der Waals surface area contributed by atoms with Crippen LogP contribution in [-0.4, -0.2) is 33.5 Å². The fraction of sp³-hybridized carbons (Fsp3) is 0.667. The van der Waals surface area contributed by atoms with Gasteiger partial charge in [-0.1, -0.05) is 0 Å². The minimum absolute atomic E-state index is 0.0694. The predicted octanol–water partition coefficient (Wildman–Crippen LogP) is -2.60. The molecule has 0 rings (SSSR count). The van der Waals surface area contributed by atoms with Gasteiger partial charge in [0.15, 0.2) is 0 Å². The fourth-order valence-corrected chi connectivity index (χ4v) is 0.144. The van der Waals surface area contributed by atoms with E-state index in [1.807, 2.05) is 0 Å². The van der Waals surface area contributed by atoms with Gasteiger partial charge in [0.2, 0.25) is 0 Å². The van der Waals surface area contributed by atoms with Crippen LogP contribution in [0.4, 0.5) is 0 Å². The summed E-state index contributed by atoms with van der Waals surface area (Å²) in [5.74, 6) is -1.02. The number of carboxylic acids is 1. The summed E-state index contributed by atoms with van der Waals surface area (Å²) in [7, 11) is 0. The highest BCUT2D eigenvalue weighted by molar-refractivity contribution is 5.64. The van der Waals surface area contributed by atoms with E-state index in [4.69, 9.17) is 21.0 Å². The van der Waals surface area contributed by atoms with Crippen molar-refractivity contribution in [2.75, 3.05) is 6.54 Å². The molecule has 0 saturated heterocycles. The third-order valence-corrected chi connectivity index (χ3v) is 0.381. The summed E-state index contributed by atoms with van der Waals surface area (Å²) in [5.41, 5.74) is 3.30. The first kappa shape index (κ1) is 16.1. The van der Waals surface area contributed by atoms with Gasteiger partial charge in [-0.15, -0.1) is 0 Å². The number of quaternary nitrogens is 1. The molecule has 0 fully saturated rings. The SMILES string of the molecule is OO.OO.[NH3+]CCC(=O)[O-]. The Bertz CT molecular complexity index is 57.0. The van der Waals surface area contributed by atoms with Crippen molar-refractivity contribution < 1.29 is 36.7 Å². The van der Waals surface area contributed by atoms with Gasteiger partial charge in [-0.2, -0.15) is 0 Å². The summed E-state index contributed by atoms with van der Waals surface area (Å²) in [6, 6.07) is 0. The second-order valence-corrected chi connectivity index (χ2v) is 0.976. The molecule has 0 atom stereocenters. The van der Waals surface area contributed by atoms with E-state index in [0.29, 0.717) is 6.54 Å². The molecule has 0 radical (unpaired) electrons. The molecule has 0 aromatic rings. The van der Waals surface area contributed by atoms with E-state index in [0.717, 1.165) is 0 Å². The number of hydrogen-bond acceptors (Lipinski definition) is 6. The largest absolute Gasteiger partial charge is 0.550 e. The molecule has 0 aromatic heterocycles. The van der Waals surface area contributed by atoms with Crippen LogP contribution in [0, 0.1) is 0 Å². The number of carbonyl (C=O) groups is 1. The lowest BCUT2D eigenvalue weighted by molar-refractivity contribution is -0.374. The van der Waals surface area contributed by atoms with Crippen LogP contribution in [0.5, 0.6) is 0 Å². The minimum atomic E-state index is -1.02. The molecule has 0 aliphatic rings. The highest BCUT2D eigenvalue weighted by atomic mass is 17.0. The third-order valence-electron chi connectivity index (χ3n) is 0.381. The average molecular weight is 157 g/mol. The van der Waals surface area contributed by atoms with Crippen LogP contribution in [0.3, 0.4) is 0 Å². The lowest BCUT2D eigenvalue weighted by atomic mass is 10.5. The van der Waals surface area contributed by atoms with Crippen molar-refractivity contribution in [1.29, 1.82) is 0 Å². The molecule has 7 N–H and O–H groups in total. The number of rotatable bonds is 2. The molecule has 64 valence electrons. The molecule has 10 heavy (non-hydrogen) atoms. The first-order chi connectivity index (χ1) is 4.77. The number of aliphatic carboxylic acids is 1. The molecule has 7 nitrogen and oxygen atoms in total. The van der Waals surface area contributed by atoms with Gasteiger partial charge in [-0.05, 0) is 0 Å². The molecule has 0 aliphatic carbocycles.